The van der Waals surface area contributed by atoms with Gasteiger partial charge in [-0.3, -0.25) is 14.4 Å². The topological polar surface area (TPSA) is 60.4 Å². The number of ketones is 2. The Morgan fingerprint density at radius 2 is 1.65 bits per heavy atom. The number of hydrogen-bond acceptors (Lipinski definition) is 4. The van der Waals surface area contributed by atoms with Crippen LogP contribution >= 0.6 is 0 Å². The first kappa shape index (κ1) is 15.2. The van der Waals surface area contributed by atoms with Crippen molar-refractivity contribution in [2.45, 2.75) is 54.1 Å². The Kier molecular flexibility index (Phi) is 3.35. The van der Waals surface area contributed by atoms with Crippen LogP contribution in [-0.4, -0.2) is 23.6 Å². The Balaban J connectivity index is 2.16. The molecule has 1 saturated heterocycles. The summed E-state index contributed by atoms with van der Waals surface area (Å²) in [5.41, 5.74) is -0.332. The van der Waals surface area contributed by atoms with Gasteiger partial charge in [-0.05, 0) is 23.2 Å². The van der Waals surface area contributed by atoms with Crippen LogP contribution in [0, 0.1) is 28.6 Å². The van der Waals surface area contributed by atoms with Crippen molar-refractivity contribution >= 4 is 17.5 Å². The third-order valence-corrected chi connectivity index (χ3v) is 5.37. The van der Waals surface area contributed by atoms with Crippen molar-refractivity contribution < 1.29 is 19.1 Å². The highest BCUT2D eigenvalue weighted by atomic mass is 16.6. The SMILES string of the molecule is CC(C)CC1OC(=O)C(C(=O)C2C(C)(C)C2(C)C)C1=O. The van der Waals surface area contributed by atoms with Gasteiger partial charge in [0, 0.05) is 5.92 Å². The Morgan fingerprint density at radius 1 is 1.15 bits per heavy atom. The van der Waals surface area contributed by atoms with Crippen molar-refractivity contribution in [3.63, 3.8) is 0 Å². The highest BCUT2D eigenvalue weighted by molar-refractivity contribution is 6.23. The summed E-state index contributed by atoms with van der Waals surface area (Å²) >= 11 is 0. The summed E-state index contributed by atoms with van der Waals surface area (Å²) in [6, 6.07) is 0. The van der Waals surface area contributed by atoms with Gasteiger partial charge in [-0.2, -0.15) is 0 Å². The molecule has 0 bridgehead atoms. The van der Waals surface area contributed by atoms with E-state index in [1.54, 1.807) is 0 Å². The van der Waals surface area contributed by atoms with Gasteiger partial charge in [-0.1, -0.05) is 41.5 Å². The van der Waals surface area contributed by atoms with Crippen LogP contribution in [0.1, 0.15) is 48.0 Å². The molecule has 2 atom stereocenters. The van der Waals surface area contributed by atoms with Gasteiger partial charge in [0.15, 0.2) is 23.6 Å². The van der Waals surface area contributed by atoms with Crippen molar-refractivity contribution in [3.05, 3.63) is 0 Å². The smallest absolute Gasteiger partial charge is 0.325 e. The minimum Gasteiger partial charge on any atom is -0.453 e. The summed E-state index contributed by atoms with van der Waals surface area (Å²) < 4.78 is 5.12. The molecule has 0 aromatic heterocycles. The van der Waals surface area contributed by atoms with Gasteiger partial charge in [0.25, 0.3) is 0 Å². The van der Waals surface area contributed by atoms with E-state index in [0.717, 1.165) is 0 Å². The molecule has 0 aromatic rings. The summed E-state index contributed by atoms with van der Waals surface area (Å²) in [7, 11) is 0. The molecule has 20 heavy (non-hydrogen) atoms. The number of rotatable bonds is 4. The minimum atomic E-state index is -1.19. The van der Waals surface area contributed by atoms with Gasteiger partial charge in [-0.15, -0.1) is 0 Å². The zero-order valence-corrected chi connectivity index (χ0v) is 13.1. The average molecular weight is 280 g/mol. The van der Waals surface area contributed by atoms with E-state index in [1.165, 1.54) is 0 Å². The molecule has 0 radical (unpaired) electrons. The maximum atomic E-state index is 12.6. The quantitative estimate of drug-likeness (QED) is 0.586. The third-order valence-electron chi connectivity index (χ3n) is 5.37. The minimum absolute atomic E-state index is 0.166. The normalized spacial score (nSPS) is 31.6. The lowest BCUT2D eigenvalue weighted by Gasteiger charge is -2.09. The van der Waals surface area contributed by atoms with Gasteiger partial charge in [0.1, 0.15) is 0 Å². The van der Waals surface area contributed by atoms with Crippen LogP contribution in [0.15, 0.2) is 0 Å². The molecule has 4 nitrogen and oxygen atoms in total. The van der Waals surface area contributed by atoms with Crippen LogP contribution in [-0.2, 0) is 19.1 Å². The zero-order valence-electron chi connectivity index (χ0n) is 13.1. The van der Waals surface area contributed by atoms with Gasteiger partial charge < -0.3 is 4.74 Å². The average Bonchev–Trinajstić information content (AvgIpc) is 2.52. The highest BCUT2D eigenvalue weighted by Crippen LogP contribution is 2.69. The summed E-state index contributed by atoms with van der Waals surface area (Å²) in [6.07, 6.45) is -0.243. The molecule has 1 heterocycles. The fourth-order valence-electron chi connectivity index (χ4n) is 3.49. The van der Waals surface area contributed by atoms with E-state index in [0.29, 0.717) is 6.42 Å². The predicted molar refractivity (Wildman–Crippen MR) is 73.9 cm³/mol. The molecule has 0 amide bonds. The molecule has 2 unspecified atom stereocenters. The molecule has 2 aliphatic rings. The summed E-state index contributed by atoms with van der Waals surface area (Å²) in [5, 5.41) is 0. The highest BCUT2D eigenvalue weighted by Gasteiger charge is 2.70. The lowest BCUT2D eigenvalue weighted by atomic mass is 9.90. The lowest BCUT2D eigenvalue weighted by molar-refractivity contribution is -0.147. The number of cyclic esters (lactones) is 1. The molecule has 1 aliphatic heterocycles. The van der Waals surface area contributed by atoms with E-state index in [-0.39, 0.29) is 34.2 Å². The van der Waals surface area contributed by atoms with E-state index in [1.807, 2.05) is 41.5 Å². The molecule has 0 aromatic carbocycles. The second-order valence-corrected chi connectivity index (χ2v) is 7.67. The number of esters is 1. The first-order chi connectivity index (χ1) is 9.01. The van der Waals surface area contributed by atoms with Crippen LogP contribution in [0.25, 0.3) is 0 Å². The van der Waals surface area contributed by atoms with E-state index < -0.39 is 18.0 Å². The number of ether oxygens (including phenoxy) is 1. The molecule has 2 fully saturated rings. The monoisotopic (exact) mass is 280 g/mol. The first-order valence-electron chi connectivity index (χ1n) is 7.29. The molecular weight excluding hydrogens is 256 g/mol. The standard InChI is InChI=1S/C16H24O4/c1-8(2)7-9-11(17)10(14(19)20-9)12(18)13-15(3,4)16(13,5)6/h8-10,13H,7H2,1-6H3. The van der Waals surface area contributed by atoms with Crippen molar-refractivity contribution in [1.82, 2.24) is 0 Å². The van der Waals surface area contributed by atoms with Crippen LogP contribution in [0.3, 0.4) is 0 Å². The molecule has 2 rings (SSSR count). The molecule has 1 aliphatic carbocycles. The Hall–Kier alpha value is -1.19. The molecule has 1 saturated carbocycles. The van der Waals surface area contributed by atoms with Crippen molar-refractivity contribution in [2.75, 3.05) is 0 Å². The second-order valence-electron chi connectivity index (χ2n) is 7.67. The summed E-state index contributed by atoms with van der Waals surface area (Å²) in [6.45, 7) is 11.9. The van der Waals surface area contributed by atoms with E-state index >= 15 is 0 Å². The molecule has 112 valence electrons. The van der Waals surface area contributed by atoms with Gasteiger partial charge in [-0.25, -0.2) is 0 Å². The second kappa shape index (κ2) is 4.40. The van der Waals surface area contributed by atoms with E-state index in [2.05, 4.69) is 0 Å². The van der Waals surface area contributed by atoms with E-state index in [9.17, 15) is 14.4 Å². The van der Waals surface area contributed by atoms with E-state index in [4.69, 9.17) is 4.74 Å². The lowest BCUT2D eigenvalue weighted by Crippen LogP contribution is -2.31. The first-order valence-corrected chi connectivity index (χ1v) is 7.29. The van der Waals surface area contributed by atoms with Gasteiger partial charge in [0.05, 0.1) is 0 Å². The number of carbonyl (C=O) groups is 3. The predicted octanol–water partition coefficient (Wildman–Crippen LogP) is 2.39. The fourth-order valence-corrected chi connectivity index (χ4v) is 3.49. The third kappa shape index (κ3) is 2.00. The molecule has 0 spiro atoms. The Bertz CT molecular complexity index is 459. The van der Waals surface area contributed by atoms with Gasteiger partial charge in [0.2, 0.25) is 0 Å². The summed E-state index contributed by atoms with van der Waals surface area (Å²) in [5.74, 6) is -2.42. The molecule has 4 heteroatoms. The number of carbonyl (C=O) groups excluding carboxylic acids is 3. The Morgan fingerprint density at radius 3 is 2.05 bits per heavy atom. The number of hydrogen-bond donors (Lipinski definition) is 0. The largest absolute Gasteiger partial charge is 0.453 e. The van der Waals surface area contributed by atoms with Crippen molar-refractivity contribution in [3.8, 4) is 0 Å². The number of Topliss-reactive ketones (excluding diaryl/α,β-unsaturated/α-hetero) is 2. The van der Waals surface area contributed by atoms with Crippen LogP contribution in [0.5, 0.6) is 0 Å². The van der Waals surface area contributed by atoms with Crippen LogP contribution < -0.4 is 0 Å². The van der Waals surface area contributed by atoms with Gasteiger partial charge >= 0.3 is 5.97 Å². The molecular formula is C16H24O4. The van der Waals surface area contributed by atoms with Crippen LogP contribution in [0.2, 0.25) is 0 Å². The van der Waals surface area contributed by atoms with Crippen LogP contribution in [0.4, 0.5) is 0 Å². The fraction of sp³-hybridized carbons (Fsp3) is 0.812. The van der Waals surface area contributed by atoms with Crippen molar-refractivity contribution in [2.24, 2.45) is 28.6 Å². The maximum Gasteiger partial charge on any atom is 0.325 e. The zero-order chi connectivity index (χ0) is 15.5. The van der Waals surface area contributed by atoms with Crippen molar-refractivity contribution in [1.29, 1.82) is 0 Å². The maximum absolute atomic E-state index is 12.6. The summed E-state index contributed by atoms with van der Waals surface area (Å²) in [4.78, 5) is 36.8. The molecule has 0 N–H and O–H groups in total. The Labute approximate surface area is 120 Å².